The van der Waals surface area contributed by atoms with Gasteiger partial charge in [0.1, 0.15) is 0 Å². The SMILES string of the molecule is N#CCC=Cc1csc(C=O)c1. The molecule has 0 fully saturated rings. The number of hydrogen-bond acceptors (Lipinski definition) is 3. The van der Waals surface area contributed by atoms with Crippen molar-refractivity contribution in [3.8, 4) is 6.07 Å². The Morgan fingerprint density at radius 1 is 1.67 bits per heavy atom. The predicted octanol–water partition coefficient (Wildman–Crippen LogP) is 2.49. The van der Waals surface area contributed by atoms with E-state index in [0.29, 0.717) is 11.3 Å². The van der Waals surface area contributed by atoms with Gasteiger partial charge >= 0.3 is 0 Å². The highest BCUT2D eigenvalue weighted by atomic mass is 32.1. The van der Waals surface area contributed by atoms with Gasteiger partial charge in [0.15, 0.2) is 6.29 Å². The van der Waals surface area contributed by atoms with Crippen molar-refractivity contribution in [1.29, 1.82) is 5.26 Å². The number of carbonyl (C=O) groups excluding carboxylic acids is 1. The summed E-state index contributed by atoms with van der Waals surface area (Å²) < 4.78 is 0. The Kier molecular flexibility index (Phi) is 3.24. The van der Waals surface area contributed by atoms with Gasteiger partial charge in [-0.3, -0.25) is 4.79 Å². The third-order valence-corrected chi connectivity index (χ3v) is 2.15. The van der Waals surface area contributed by atoms with E-state index >= 15 is 0 Å². The average Bonchev–Trinajstić information content (AvgIpc) is 2.53. The van der Waals surface area contributed by atoms with Crippen LogP contribution in [-0.2, 0) is 0 Å². The van der Waals surface area contributed by atoms with E-state index in [2.05, 4.69) is 0 Å². The van der Waals surface area contributed by atoms with E-state index in [4.69, 9.17) is 5.26 Å². The highest BCUT2D eigenvalue weighted by molar-refractivity contribution is 7.11. The minimum absolute atomic E-state index is 0.409. The fourth-order valence-corrected chi connectivity index (χ4v) is 1.44. The van der Waals surface area contributed by atoms with Gasteiger partial charge in [-0.15, -0.1) is 11.3 Å². The molecule has 0 aliphatic rings. The topological polar surface area (TPSA) is 40.9 Å². The van der Waals surface area contributed by atoms with Gasteiger partial charge in [0, 0.05) is 0 Å². The summed E-state index contributed by atoms with van der Waals surface area (Å²) in [6.45, 7) is 0. The van der Waals surface area contributed by atoms with Gasteiger partial charge in [-0.05, 0) is 17.0 Å². The summed E-state index contributed by atoms with van der Waals surface area (Å²) in [5.74, 6) is 0. The van der Waals surface area contributed by atoms with Crippen molar-refractivity contribution >= 4 is 23.7 Å². The molecular weight excluding hydrogens is 170 g/mol. The second kappa shape index (κ2) is 4.47. The first kappa shape index (κ1) is 8.69. The molecule has 1 heterocycles. The van der Waals surface area contributed by atoms with Crippen molar-refractivity contribution in [2.75, 3.05) is 0 Å². The maximum atomic E-state index is 10.3. The van der Waals surface area contributed by atoms with Gasteiger partial charge in [-0.1, -0.05) is 12.2 Å². The predicted molar refractivity (Wildman–Crippen MR) is 49.0 cm³/mol. The van der Waals surface area contributed by atoms with Crippen LogP contribution in [0.5, 0.6) is 0 Å². The maximum Gasteiger partial charge on any atom is 0.160 e. The van der Waals surface area contributed by atoms with Crippen LogP contribution in [0, 0.1) is 11.3 Å². The number of carbonyl (C=O) groups is 1. The maximum absolute atomic E-state index is 10.3. The summed E-state index contributed by atoms with van der Waals surface area (Å²) in [5, 5.41) is 10.1. The van der Waals surface area contributed by atoms with Crippen LogP contribution in [0.2, 0.25) is 0 Å². The molecule has 1 rings (SSSR count). The lowest BCUT2D eigenvalue weighted by atomic mass is 10.2. The quantitative estimate of drug-likeness (QED) is 0.665. The number of nitrogens with zero attached hydrogens (tertiary/aromatic N) is 1. The largest absolute Gasteiger partial charge is 0.297 e. The Balaban J connectivity index is 2.65. The Morgan fingerprint density at radius 2 is 2.50 bits per heavy atom. The summed E-state index contributed by atoms with van der Waals surface area (Å²) in [5.41, 5.74) is 0.984. The standard InChI is InChI=1S/C9H7NOS/c10-4-2-1-3-8-5-9(6-11)12-7-8/h1,3,5-7H,2H2. The van der Waals surface area contributed by atoms with Gasteiger partial charge < -0.3 is 0 Å². The van der Waals surface area contributed by atoms with Crippen molar-refractivity contribution in [3.05, 3.63) is 28.0 Å². The second-order valence-electron chi connectivity index (χ2n) is 2.16. The molecule has 0 aromatic carbocycles. The molecule has 0 saturated heterocycles. The molecule has 1 aromatic rings. The molecule has 60 valence electrons. The Hall–Kier alpha value is -1.40. The second-order valence-corrected chi connectivity index (χ2v) is 3.11. The molecule has 0 N–H and O–H groups in total. The van der Waals surface area contributed by atoms with Gasteiger partial charge in [0.05, 0.1) is 17.4 Å². The summed E-state index contributed by atoms with van der Waals surface area (Å²) >= 11 is 1.41. The van der Waals surface area contributed by atoms with Crippen molar-refractivity contribution in [2.24, 2.45) is 0 Å². The third kappa shape index (κ3) is 2.33. The number of rotatable bonds is 3. The highest BCUT2D eigenvalue weighted by Crippen LogP contribution is 2.13. The van der Waals surface area contributed by atoms with E-state index in [0.717, 1.165) is 11.8 Å². The Morgan fingerprint density at radius 3 is 3.08 bits per heavy atom. The lowest BCUT2D eigenvalue weighted by Crippen LogP contribution is -1.66. The number of hydrogen-bond donors (Lipinski definition) is 0. The summed E-state index contributed by atoms with van der Waals surface area (Å²) in [4.78, 5) is 11.0. The fourth-order valence-electron chi connectivity index (χ4n) is 0.765. The zero-order valence-corrected chi connectivity index (χ0v) is 7.17. The van der Waals surface area contributed by atoms with E-state index in [1.54, 1.807) is 12.1 Å². The van der Waals surface area contributed by atoms with E-state index in [9.17, 15) is 4.79 Å². The van der Waals surface area contributed by atoms with Crippen LogP contribution < -0.4 is 0 Å². The van der Waals surface area contributed by atoms with Gasteiger partial charge in [-0.2, -0.15) is 5.26 Å². The van der Waals surface area contributed by atoms with Crippen LogP contribution in [0.25, 0.3) is 6.08 Å². The molecule has 0 amide bonds. The molecule has 0 aliphatic heterocycles. The zero-order chi connectivity index (χ0) is 8.81. The minimum atomic E-state index is 0.409. The van der Waals surface area contributed by atoms with Gasteiger partial charge in [0.25, 0.3) is 0 Å². The minimum Gasteiger partial charge on any atom is -0.297 e. The van der Waals surface area contributed by atoms with E-state index in [1.165, 1.54) is 11.3 Å². The lowest BCUT2D eigenvalue weighted by molar-refractivity contribution is 0.112. The molecule has 0 spiro atoms. The summed E-state index contributed by atoms with van der Waals surface area (Å²) in [6.07, 6.45) is 4.85. The van der Waals surface area contributed by atoms with E-state index in [-0.39, 0.29) is 0 Å². The molecule has 0 unspecified atom stereocenters. The molecule has 0 radical (unpaired) electrons. The van der Waals surface area contributed by atoms with Crippen molar-refractivity contribution < 1.29 is 4.79 Å². The first-order chi connectivity index (χ1) is 5.86. The van der Waals surface area contributed by atoms with Gasteiger partial charge in [0.2, 0.25) is 0 Å². The van der Waals surface area contributed by atoms with Crippen LogP contribution in [0.15, 0.2) is 17.5 Å². The van der Waals surface area contributed by atoms with Crippen LogP contribution in [0.4, 0.5) is 0 Å². The molecule has 12 heavy (non-hydrogen) atoms. The molecule has 0 bridgehead atoms. The first-order valence-electron chi connectivity index (χ1n) is 3.44. The van der Waals surface area contributed by atoms with Crippen LogP contribution in [-0.4, -0.2) is 6.29 Å². The van der Waals surface area contributed by atoms with Crippen LogP contribution in [0.1, 0.15) is 21.7 Å². The smallest absolute Gasteiger partial charge is 0.160 e. The number of allylic oxidation sites excluding steroid dienone is 1. The van der Waals surface area contributed by atoms with Crippen LogP contribution in [0.3, 0.4) is 0 Å². The molecule has 0 saturated carbocycles. The Labute approximate surface area is 74.8 Å². The van der Waals surface area contributed by atoms with E-state index in [1.807, 2.05) is 17.5 Å². The van der Waals surface area contributed by atoms with Crippen LogP contribution >= 0.6 is 11.3 Å². The normalized spacial score (nSPS) is 9.92. The molecule has 3 heteroatoms. The number of thiophene rings is 1. The van der Waals surface area contributed by atoms with Crippen molar-refractivity contribution in [3.63, 3.8) is 0 Å². The number of nitriles is 1. The summed E-state index contributed by atoms with van der Waals surface area (Å²) in [6, 6.07) is 3.80. The molecule has 1 aromatic heterocycles. The fraction of sp³-hybridized carbons (Fsp3) is 0.111. The monoisotopic (exact) mass is 177 g/mol. The molecule has 0 aliphatic carbocycles. The van der Waals surface area contributed by atoms with Gasteiger partial charge in [-0.25, -0.2) is 0 Å². The van der Waals surface area contributed by atoms with Crippen molar-refractivity contribution in [2.45, 2.75) is 6.42 Å². The highest BCUT2D eigenvalue weighted by Gasteiger charge is 1.93. The first-order valence-corrected chi connectivity index (χ1v) is 4.32. The number of aldehydes is 1. The van der Waals surface area contributed by atoms with E-state index < -0.39 is 0 Å². The third-order valence-electron chi connectivity index (χ3n) is 1.28. The molecule has 2 nitrogen and oxygen atoms in total. The van der Waals surface area contributed by atoms with Crippen molar-refractivity contribution in [1.82, 2.24) is 0 Å². The average molecular weight is 177 g/mol. The lowest BCUT2D eigenvalue weighted by Gasteiger charge is -1.79. The molecular formula is C9H7NOS. The molecule has 0 atom stereocenters. The Bertz CT molecular complexity index is 333. The summed E-state index contributed by atoms with van der Waals surface area (Å²) in [7, 11) is 0. The zero-order valence-electron chi connectivity index (χ0n) is 6.36.